The molecule has 3 atom stereocenters. The molecule has 0 spiro atoms. The van der Waals surface area contributed by atoms with Crippen molar-refractivity contribution < 1.29 is 14.7 Å². The fourth-order valence-electron chi connectivity index (χ4n) is 2.67. The summed E-state index contributed by atoms with van der Waals surface area (Å²) >= 11 is 0. The van der Waals surface area contributed by atoms with Gasteiger partial charge in [0.15, 0.2) is 0 Å². The Labute approximate surface area is 115 Å². The molecule has 1 aliphatic carbocycles. The number of carbonyl (C=O) groups is 2. The van der Waals surface area contributed by atoms with Gasteiger partial charge in [-0.15, -0.1) is 0 Å². The van der Waals surface area contributed by atoms with E-state index in [1.54, 1.807) is 13.8 Å². The van der Waals surface area contributed by atoms with Crippen molar-refractivity contribution in [2.45, 2.75) is 65.0 Å². The third-order valence-corrected chi connectivity index (χ3v) is 3.91. The number of rotatable bonds is 5. The Morgan fingerprint density at radius 2 is 2.00 bits per heavy atom. The molecule has 1 rings (SSSR count). The Kier molecular flexibility index (Phi) is 6.12. The minimum absolute atomic E-state index is 0.127. The smallest absolute Gasteiger partial charge is 0.326 e. The molecular weight excluding hydrogens is 244 g/mol. The highest BCUT2D eigenvalue weighted by molar-refractivity contribution is 5.82. The maximum atomic E-state index is 11.8. The maximum absolute atomic E-state index is 11.8. The van der Waals surface area contributed by atoms with Gasteiger partial charge in [0.2, 0.25) is 0 Å². The van der Waals surface area contributed by atoms with Gasteiger partial charge in [0.25, 0.3) is 0 Å². The highest BCUT2D eigenvalue weighted by Gasteiger charge is 2.26. The van der Waals surface area contributed by atoms with Crippen molar-refractivity contribution in [2.24, 2.45) is 11.8 Å². The van der Waals surface area contributed by atoms with Crippen molar-refractivity contribution in [3.8, 4) is 0 Å². The summed E-state index contributed by atoms with van der Waals surface area (Å²) in [5.41, 5.74) is 0. The molecule has 3 N–H and O–H groups in total. The average molecular weight is 270 g/mol. The predicted octanol–water partition coefficient (Wildman–Crippen LogP) is 2.36. The van der Waals surface area contributed by atoms with Crippen molar-refractivity contribution in [3.05, 3.63) is 0 Å². The van der Waals surface area contributed by atoms with Crippen LogP contribution in [-0.4, -0.2) is 29.2 Å². The molecule has 0 heterocycles. The Hall–Kier alpha value is -1.26. The van der Waals surface area contributed by atoms with E-state index >= 15 is 0 Å². The van der Waals surface area contributed by atoms with Crippen LogP contribution in [-0.2, 0) is 4.79 Å². The summed E-state index contributed by atoms with van der Waals surface area (Å²) in [6, 6.07) is -1.01. The van der Waals surface area contributed by atoms with Crippen LogP contribution in [0.15, 0.2) is 0 Å². The van der Waals surface area contributed by atoms with Crippen LogP contribution in [0.25, 0.3) is 0 Å². The topological polar surface area (TPSA) is 78.4 Å². The Morgan fingerprint density at radius 1 is 1.32 bits per heavy atom. The second-order valence-corrected chi connectivity index (χ2v) is 5.82. The zero-order valence-electron chi connectivity index (χ0n) is 12.1. The number of hydrogen-bond donors (Lipinski definition) is 3. The molecule has 0 aromatic carbocycles. The van der Waals surface area contributed by atoms with Gasteiger partial charge in [0.1, 0.15) is 6.04 Å². The molecule has 0 aliphatic heterocycles. The van der Waals surface area contributed by atoms with E-state index < -0.39 is 12.0 Å². The van der Waals surface area contributed by atoms with E-state index in [0.29, 0.717) is 5.92 Å². The normalized spacial score (nSPS) is 24.8. The molecule has 110 valence electrons. The molecule has 5 nitrogen and oxygen atoms in total. The van der Waals surface area contributed by atoms with E-state index in [0.717, 1.165) is 25.7 Å². The number of carboxylic acids is 1. The molecule has 5 heteroatoms. The summed E-state index contributed by atoms with van der Waals surface area (Å²) in [5.74, 6) is -0.433. The van der Waals surface area contributed by atoms with E-state index in [4.69, 9.17) is 5.11 Å². The molecule has 1 fully saturated rings. The van der Waals surface area contributed by atoms with E-state index in [-0.39, 0.29) is 18.0 Å². The third kappa shape index (κ3) is 5.09. The lowest BCUT2D eigenvalue weighted by Crippen LogP contribution is -2.51. The summed E-state index contributed by atoms with van der Waals surface area (Å²) in [5, 5.41) is 14.5. The van der Waals surface area contributed by atoms with Crippen molar-refractivity contribution in [2.75, 3.05) is 0 Å². The lowest BCUT2D eigenvalue weighted by Gasteiger charge is -2.29. The highest BCUT2D eigenvalue weighted by atomic mass is 16.4. The van der Waals surface area contributed by atoms with Gasteiger partial charge in [-0.25, -0.2) is 9.59 Å². The van der Waals surface area contributed by atoms with E-state index in [1.807, 2.05) is 0 Å². The van der Waals surface area contributed by atoms with Crippen LogP contribution in [0, 0.1) is 11.8 Å². The first kappa shape index (κ1) is 15.8. The first-order valence-electron chi connectivity index (χ1n) is 7.23. The van der Waals surface area contributed by atoms with Crippen molar-refractivity contribution in [3.63, 3.8) is 0 Å². The lowest BCUT2D eigenvalue weighted by atomic mass is 9.84. The van der Waals surface area contributed by atoms with E-state index in [9.17, 15) is 9.59 Å². The van der Waals surface area contributed by atoms with Gasteiger partial charge >= 0.3 is 12.0 Å². The Balaban J connectivity index is 2.43. The molecule has 0 radical (unpaired) electrons. The number of amides is 2. The number of urea groups is 1. The first-order chi connectivity index (χ1) is 8.93. The van der Waals surface area contributed by atoms with Crippen molar-refractivity contribution in [1.82, 2.24) is 10.6 Å². The number of hydrogen-bond acceptors (Lipinski definition) is 2. The second-order valence-electron chi connectivity index (χ2n) is 5.82. The number of carboxylic acid groups (broad SMARTS) is 1. The van der Waals surface area contributed by atoms with Gasteiger partial charge < -0.3 is 15.7 Å². The van der Waals surface area contributed by atoms with Gasteiger partial charge in [-0.2, -0.15) is 0 Å². The fourth-order valence-corrected chi connectivity index (χ4v) is 2.67. The monoisotopic (exact) mass is 270 g/mol. The summed E-state index contributed by atoms with van der Waals surface area (Å²) in [4.78, 5) is 22.9. The van der Waals surface area contributed by atoms with Gasteiger partial charge in [0.05, 0.1) is 0 Å². The van der Waals surface area contributed by atoms with Gasteiger partial charge in [-0.3, -0.25) is 0 Å². The summed E-state index contributed by atoms with van der Waals surface area (Å²) < 4.78 is 0. The highest BCUT2D eigenvalue weighted by Crippen LogP contribution is 2.26. The number of carbonyl (C=O) groups excluding carboxylic acids is 1. The molecule has 0 saturated heterocycles. The SMILES string of the molecule is CCC1CCCC(NC(=O)N[C@H](C(=O)O)C(C)C)C1. The molecule has 2 amide bonds. The van der Waals surface area contributed by atoms with Crippen LogP contribution in [0.2, 0.25) is 0 Å². The number of nitrogens with one attached hydrogen (secondary N) is 2. The predicted molar refractivity (Wildman–Crippen MR) is 74.0 cm³/mol. The molecule has 2 unspecified atom stereocenters. The quantitative estimate of drug-likeness (QED) is 0.717. The van der Waals surface area contributed by atoms with Gasteiger partial charge in [-0.05, 0) is 24.7 Å². The zero-order chi connectivity index (χ0) is 14.4. The second kappa shape index (κ2) is 7.36. The average Bonchev–Trinajstić information content (AvgIpc) is 2.35. The van der Waals surface area contributed by atoms with Gasteiger partial charge in [0, 0.05) is 6.04 Å². The molecule has 1 aliphatic rings. The Morgan fingerprint density at radius 3 is 2.53 bits per heavy atom. The third-order valence-electron chi connectivity index (χ3n) is 3.91. The van der Waals surface area contributed by atoms with E-state index in [1.165, 1.54) is 6.42 Å². The zero-order valence-corrected chi connectivity index (χ0v) is 12.1. The van der Waals surface area contributed by atoms with Crippen LogP contribution >= 0.6 is 0 Å². The fraction of sp³-hybridized carbons (Fsp3) is 0.857. The molecule has 0 aromatic heterocycles. The van der Waals surface area contributed by atoms with Gasteiger partial charge in [-0.1, -0.05) is 40.0 Å². The van der Waals surface area contributed by atoms with Crippen LogP contribution in [0.1, 0.15) is 52.9 Å². The van der Waals surface area contributed by atoms with Crippen LogP contribution < -0.4 is 10.6 Å². The molecular formula is C14H26N2O3. The lowest BCUT2D eigenvalue weighted by molar-refractivity contribution is -0.140. The summed E-state index contributed by atoms with van der Waals surface area (Å²) in [7, 11) is 0. The van der Waals surface area contributed by atoms with E-state index in [2.05, 4.69) is 17.6 Å². The van der Waals surface area contributed by atoms with Crippen LogP contribution in [0.3, 0.4) is 0 Å². The summed E-state index contributed by atoms with van der Waals surface area (Å²) in [6.07, 6.45) is 5.51. The van der Waals surface area contributed by atoms with Crippen LogP contribution in [0.5, 0.6) is 0 Å². The van der Waals surface area contributed by atoms with Crippen molar-refractivity contribution in [1.29, 1.82) is 0 Å². The van der Waals surface area contributed by atoms with Crippen LogP contribution in [0.4, 0.5) is 4.79 Å². The minimum Gasteiger partial charge on any atom is -0.480 e. The maximum Gasteiger partial charge on any atom is 0.326 e. The summed E-state index contributed by atoms with van der Waals surface area (Å²) in [6.45, 7) is 5.74. The Bertz CT molecular complexity index is 318. The molecule has 0 aromatic rings. The largest absolute Gasteiger partial charge is 0.480 e. The standard InChI is InChI=1S/C14H26N2O3/c1-4-10-6-5-7-11(8-10)15-14(19)16-12(9(2)3)13(17)18/h9-12H,4-8H2,1-3H3,(H,17,18)(H2,15,16,19)/t10?,11?,12-/m0/s1. The number of aliphatic carboxylic acids is 1. The van der Waals surface area contributed by atoms with Crippen molar-refractivity contribution >= 4 is 12.0 Å². The molecule has 19 heavy (non-hydrogen) atoms. The minimum atomic E-state index is -0.986. The molecule has 1 saturated carbocycles. The molecule has 0 bridgehead atoms. The first-order valence-corrected chi connectivity index (χ1v) is 7.23.